The number of aromatic amines is 1. The smallest absolute Gasteiger partial charge is 0.280 e. The van der Waals surface area contributed by atoms with Gasteiger partial charge in [0.15, 0.2) is 5.01 Å². The maximum atomic E-state index is 13.6. The van der Waals surface area contributed by atoms with Crippen molar-refractivity contribution in [3.8, 4) is 11.3 Å². The number of carbonyl (C=O) groups excluding carboxylic acids is 1. The number of pyridine rings is 3. The van der Waals surface area contributed by atoms with Crippen LogP contribution in [0.5, 0.6) is 0 Å². The zero-order valence-corrected chi connectivity index (χ0v) is 25.9. The second kappa shape index (κ2) is 12.3. The monoisotopic (exact) mass is 600 g/mol. The van der Waals surface area contributed by atoms with Crippen LogP contribution in [0.15, 0.2) is 47.5 Å². The number of nitrogens with zero attached hydrogens (tertiary/aromatic N) is 4. The number of aryl methyl sites for hydroxylation is 1. The third-order valence-electron chi connectivity index (χ3n) is 9.03. The van der Waals surface area contributed by atoms with Crippen LogP contribution in [0.1, 0.15) is 79.1 Å². The van der Waals surface area contributed by atoms with E-state index in [1.54, 1.807) is 18.5 Å². The van der Waals surface area contributed by atoms with Crippen molar-refractivity contribution in [3.05, 3.63) is 74.9 Å². The number of nitrogens with one attached hydrogen (secondary N) is 2. The van der Waals surface area contributed by atoms with Crippen LogP contribution in [0, 0.1) is 11.3 Å². The summed E-state index contributed by atoms with van der Waals surface area (Å²) in [7, 11) is 0. The standard InChI is InChI=1S/C33H40N6O3S/c1-33(2,3)23-6-8-26-22(16-23)17-28-31(37-26)43-32(38-28)30(42)36-27(12-15-39-13-10-24(40)11-14-39)21-4-7-25(34-18-21)20-5-9-29(41)35-19-20/h4-5,7,9,17-19,23-24,27,40H,6,8,10-16H2,1-3H3,(H,35,41)(H,36,42)/t23-,27?/m0/s1. The maximum Gasteiger partial charge on any atom is 0.280 e. The molecule has 0 spiro atoms. The summed E-state index contributed by atoms with van der Waals surface area (Å²) in [4.78, 5) is 45.2. The first-order chi connectivity index (χ1) is 20.6. The lowest BCUT2D eigenvalue weighted by Gasteiger charge is -2.34. The Kier molecular flexibility index (Phi) is 8.44. The van der Waals surface area contributed by atoms with Crippen LogP contribution in [-0.4, -0.2) is 61.6 Å². The highest BCUT2D eigenvalue weighted by molar-refractivity contribution is 7.19. The third-order valence-corrected chi connectivity index (χ3v) is 10.00. The Morgan fingerprint density at radius 3 is 2.67 bits per heavy atom. The molecule has 1 unspecified atom stereocenters. The van der Waals surface area contributed by atoms with E-state index in [1.807, 2.05) is 12.1 Å². The molecule has 0 radical (unpaired) electrons. The number of aromatic nitrogens is 4. The van der Waals surface area contributed by atoms with E-state index in [2.05, 4.69) is 47.0 Å². The van der Waals surface area contributed by atoms with Crippen LogP contribution in [0.25, 0.3) is 21.6 Å². The maximum absolute atomic E-state index is 13.6. The lowest BCUT2D eigenvalue weighted by atomic mass is 9.71. The molecule has 0 bridgehead atoms. The molecule has 3 N–H and O–H groups in total. The van der Waals surface area contributed by atoms with E-state index < -0.39 is 0 Å². The van der Waals surface area contributed by atoms with Crippen LogP contribution < -0.4 is 10.9 Å². The zero-order valence-electron chi connectivity index (χ0n) is 25.1. The van der Waals surface area contributed by atoms with Crippen LogP contribution >= 0.6 is 11.3 Å². The largest absolute Gasteiger partial charge is 0.393 e. The van der Waals surface area contributed by atoms with Gasteiger partial charge in [-0.3, -0.25) is 14.6 Å². The van der Waals surface area contributed by atoms with Crippen molar-refractivity contribution < 1.29 is 9.90 Å². The van der Waals surface area contributed by atoms with Gasteiger partial charge < -0.3 is 20.3 Å². The fourth-order valence-corrected chi connectivity index (χ4v) is 7.04. The summed E-state index contributed by atoms with van der Waals surface area (Å²) >= 11 is 1.35. The van der Waals surface area contributed by atoms with Gasteiger partial charge in [-0.05, 0) is 79.2 Å². The van der Waals surface area contributed by atoms with E-state index in [0.717, 1.165) is 84.6 Å². The molecule has 2 aliphatic rings. The van der Waals surface area contributed by atoms with E-state index in [1.165, 1.54) is 23.0 Å². The lowest BCUT2D eigenvalue weighted by Crippen LogP contribution is -2.38. The highest BCUT2D eigenvalue weighted by Crippen LogP contribution is 2.38. The summed E-state index contributed by atoms with van der Waals surface area (Å²) in [5.41, 5.74) is 5.74. The molecule has 0 aromatic carbocycles. The van der Waals surface area contributed by atoms with Crippen LogP contribution in [0.2, 0.25) is 0 Å². The number of hydrogen-bond donors (Lipinski definition) is 3. The van der Waals surface area contributed by atoms with Crippen LogP contribution in [0.4, 0.5) is 0 Å². The minimum absolute atomic E-state index is 0.160. The number of aliphatic hydroxyl groups is 1. The molecule has 0 saturated carbocycles. The number of aliphatic hydroxyl groups excluding tert-OH is 1. The summed E-state index contributed by atoms with van der Waals surface area (Å²) in [6.45, 7) is 9.39. The molecule has 226 valence electrons. The third kappa shape index (κ3) is 6.87. The van der Waals surface area contributed by atoms with Gasteiger partial charge in [0.2, 0.25) is 5.56 Å². The normalized spacial score (nSPS) is 18.8. The van der Waals surface area contributed by atoms with Gasteiger partial charge in [-0.1, -0.05) is 38.2 Å². The van der Waals surface area contributed by atoms with Gasteiger partial charge in [-0.15, -0.1) is 0 Å². The molecule has 4 aromatic heterocycles. The quantitative estimate of drug-likeness (QED) is 0.275. The predicted molar refractivity (Wildman–Crippen MR) is 169 cm³/mol. The van der Waals surface area contributed by atoms with Gasteiger partial charge >= 0.3 is 0 Å². The molecule has 1 aliphatic heterocycles. The number of likely N-dealkylation sites (tertiary alicyclic amines) is 1. The number of fused-ring (bicyclic) bond motifs is 2. The van der Waals surface area contributed by atoms with E-state index in [4.69, 9.17) is 9.97 Å². The summed E-state index contributed by atoms with van der Waals surface area (Å²) in [5.74, 6) is 0.395. The molecule has 10 heteroatoms. The van der Waals surface area contributed by atoms with Crippen molar-refractivity contribution in [2.24, 2.45) is 11.3 Å². The number of rotatable bonds is 7. The molecule has 9 nitrogen and oxygen atoms in total. The van der Waals surface area contributed by atoms with Crippen molar-refractivity contribution in [2.75, 3.05) is 19.6 Å². The van der Waals surface area contributed by atoms with Gasteiger partial charge in [-0.2, -0.15) is 0 Å². The Labute approximate surface area is 255 Å². The molecule has 1 amide bonds. The van der Waals surface area contributed by atoms with E-state index in [9.17, 15) is 14.7 Å². The van der Waals surface area contributed by atoms with Crippen LogP contribution in [-0.2, 0) is 12.8 Å². The second-order valence-corrected chi connectivity index (χ2v) is 14.0. The number of thiazole rings is 1. The van der Waals surface area contributed by atoms with Gasteiger partial charge in [0.25, 0.3) is 5.91 Å². The van der Waals surface area contributed by atoms with Crippen molar-refractivity contribution in [1.82, 2.24) is 30.2 Å². The molecule has 6 rings (SSSR count). The Bertz CT molecular complexity index is 1630. The summed E-state index contributed by atoms with van der Waals surface area (Å²) in [6, 6.07) is 9.00. The molecule has 43 heavy (non-hydrogen) atoms. The molecule has 2 atom stereocenters. The number of amides is 1. The van der Waals surface area contributed by atoms with E-state index in [-0.39, 0.29) is 29.0 Å². The van der Waals surface area contributed by atoms with Gasteiger partial charge in [0.1, 0.15) is 10.3 Å². The van der Waals surface area contributed by atoms with E-state index in [0.29, 0.717) is 17.3 Å². The highest BCUT2D eigenvalue weighted by atomic mass is 32.1. The first kappa shape index (κ1) is 29.6. The summed E-state index contributed by atoms with van der Waals surface area (Å²) < 4.78 is 0. The Morgan fingerprint density at radius 2 is 1.98 bits per heavy atom. The van der Waals surface area contributed by atoms with Crippen molar-refractivity contribution >= 4 is 27.6 Å². The van der Waals surface area contributed by atoms with Gasteiger partial charge in [-0.25, -0.2) is 9.97 Å². The number of piperidine rings is 1. The number of carbonyl (C=O) groups is 1. The fraction of sp³-hybridized carbons (Fsp3) is 0.485. The van der Waals surface area contributed by atoms with Crippen LogP contribution in [0.3, 0.4) is 0 Å². The number of H-pyrrole nitrogens is 1. The lowest BCUT2D eigenvalue weighted by molar-refractivity contribution is 0.0795. The predicted octanol–water partition coefficient (Wildman–Crippen LogP) is 4.91. The SMILES string of the molecule is CC(C)(C)[C@H]1CCc2nc3sc(C(=O)NC(CCN4CCC(O)CC4)c4ccc(-c5ccc(=O)[nH]c5)nc4)nc3cc2C1. The molecular formula is C33H40N6O3S. The van der Waals surface area contributed by atoms with Crippen molar-refractivity contribution in [1.29, 1.82) is 0 Å². The average molecular weight is 601 g/mol. The van der Waals surface area contributed by atoms with Crippen molar-refractivity contribution in [3.63, 3.8) is 0 Å². The average Bonchev–Trinajstić information content (AvgIpc) is 3.41. The summed E-state index contributed by atoms with van der Waals surface area (Å²) in [6.07, 6.45) is 8.55. The molecule has 1 saturated heterocycles. The molecular weight excluding hydrogens is 560 g/mol. The Balaban J connectivity index is 1.21. The number of hydrogen-bond acceptors (Lipinski definition) is 8. The molecule has 4 aromatic rings. The first-order valence-electron chi connectivity index (χ1n) is 15.3. The topological polar surface area (TPSA) is 124 Å². The van der Waals surface area contributed by atoms with Gasteiger partial charge in [0.05, 0.1) is 17.8 Å². The highest BCUT2D eigenvalue weighted by Gasteiger charge is 2.30. The molecule has 1 fully saturated rings. The van der Waals surface area contributed by atoms with Crippen molar-refractivity contribution in [2.45, 2.75) is 71.4 Å². The minimum Gasteiger partial charge on any atom is -0.393 e. The molecule has 5 heterocycles. The molecule has 1 aliphatic carbocycles. The Hall–Kier alpha value is -3.47. The fourth-order valence-electron chi connectivity index (χ4n) is 6.20. The van der Waals surface area contributed by atoms with Gasteiger partial charge in [0, 0.05) is 49.4 Å². The minimum atomic E-state index is -0.266. The Morgan fingerprint density at radius 1 is 1.16 bits per heavy atom. The zero-order chi connectivity index (χ0) is 30.1. The van der Waals surface area contributed by atoms with E-state index >= 15 is 0 Å². The summed E-state index contributed by atoms with van der Waals surface area (Å²) in [5, 5.41) is 13.6. The second-order valence-electron chi connectivity index (χ2n) is 13.0. The first-order valence-corrected chi connectivity index (χ1v) is 16.1.